The van der Waals surface area contributed by atoms with E-state index < -0.39 is 4.92 Å². The Hall–Kier alpha value is -2.83. The van der Waals surface area contributed by atoms with Gasteiger partial charge in [0.1, 0.15) is 5.76 Å². The summed E-state index contributed by atoms with van der Waals surface area (Å²) < 4.78 is 5.29. The van der Waals surface area contributed by atoms with Gasteiger partial charge in [0.2, 0.25) is 0 Å². The lowest BCUT2D eigenvalue weighted by Crippen LogP contribution is -2.38. The number of hydrogen-bond donors (Lipinski definition) is 2. The van der Waals surface area contributed by atoms with Crippen molar-refractivity contribution in [3.8, 4) is 0 Å². The van der Waals surface area contributed by atoms with E-state index in [0.29, 0.717) is 19.1 Å². The highest BCUT2D eigenvalue weighted by molar-refractivity contribution is 5.80. The Morgan fingerprint density at radius 1 is 1.30 bits per heavy atom. The van der Waals surface area contributed by atoms with E-state index in [1.165, 1.54) is 12.1 Å². The Labute approximate surface area is 133 Å². The van der Waals surface area contributed by atoms with Gasteiger partial charge in [0.05, 0.1) is 24.3 Å². The molecule has 1 aromatic heterocycles. The van der Waals surface area contributed by atoms with Gasteiger partial charge in [0.25, 0.3) is 5.69 Å². The zero-order valence-electron chi connectivity index (χ0n) is 12.6. The highest BCUT2D eigenvalue weighted by atomic mass is 16.6. The first-order valence-electron chi connectivity index (χ1n) is 7.51. The van der Waals surface area contributed by atoms with Crippen molar-refractivity contribution in [3.63, 3.8) is 0 Å². The van der Waals surface area contributed by atoms with E-state index in [4.69, 9.17) is 4.42 Å². The maximum Gasteiger partial charge on any atom is 0.269 e. The van der Waals surface area contributed by atoms with Crippen molar-refractivity contribution in [2.24, 2.45) is 4.99 Å². The van der Waals surface area contributed by atoms with Crippen LogP contribution in [0.2, 0.25) is 0 Å². The van der Waals surface area contributed by atoms with E-state index in [1.54, 1.807) is 18.4 Å². The molecule has 7 nitrogen and oxygen atoms in total. The molecule has 0 unspecified atom stereocenters. The van der Waals surface area contributed by atoms with Crippen molar-refractivity contribution < 1.29 is 9.34 Å². The zero-order chi connectivity index (χ0) is 16.1. The van der Waals surface area contributed by atoms with Crippen LogP contribution in [0.5, 0.6) is 0 Å². The quantitative estimate of drug-likeness (QED) is 0.370. The molecular weight excluding hydrogens is 296 g/mol. The van der Waals surface area contributed by atoms with Gasteiger partial charge in [-0.15, -0.1) is 0 Å². The van der Waals surface area contributed by atoms with E-state index in [9.17, 15) is 10.1 Å². The fourth-order valence-electron chi connectivity index (χ4n) is 2.05. The van der Waals surface area contributed by atoms with Crippen molar-refractivity contribution >= 4 is 11.6 Å². The molecule has 0 spiro atoms. The summed E-state index contributed by atoms with van der Waals surface area (Å²) in [5, 5.41) is 17.2. The van der Waals surface area contributed by atoms with Gasteiger partial charge in [-0.3, -0.25) is 10.1 Å². The molecule has 2 aromatic rings. The standard InChI is InChI=1S/C16H18N4O3/c21-20(22)14-7-3-12(4-8-14)10-17-16(19-13-5-6-13)18-11-15-2-1-9-23-15/h1-4,7-9,13H,5-6,10-11H2,(H2,17,18,19). The van der Waals surface area contributed by atoms with E-state index in [-0.39, 0.29) is 5.69 Å². The summed E-state index contributed by atoms with van der Waals surface area (Å²) >= 11 is 0. The number of rotatable bonds is 6. The van der Waals surface area contributed by atoms with Crippen LogP contribution in [0.1, 0.15) is 24.2 Å². The van der Waals surface area contributed by atoms with Gasteiger partial charge in [0, 0.05) is 18.2 Å². The number of nitrogens with zero attached hydrogens (tertiary/aromatic N) is 2. The van der Waals surface area contributed by atoms with Gasteiger partial charge in [-0.2, -0.15) is 0 Å². The third kappa shape index (κ3) is 4.57. The van der Waals surface area contributed by atoms with E-state index in [1.807, 2.05) is 12.1 Å². The van der Waals surface area contributed by atoms with Crippen LogP contribution in [0.3, 0.4) is 0 Å². The predicted octanol–water partition coefficient (Wildman–Crippen LogP) is 2.59. The molecule has 0 amide bonds. The Balaban J connectivity index is 1.60. The maximum atomic E-state index is 10.7. The van der Waals surface area contributed by atoms with Gasteiger partial charge in [0.15, 0.2) is 5.96 Å². The molecule has 7 heteroatoms. The van der Waals surface area contributed by atoms with Crippen molar-refractivity contribution in [2.75, 3.05) is 0 Å². The third-order valence-corrected chi connectivity index (χ3v) is 3.50. The summed E-state index contributed by atoms with van der Waals surface area (Å²) in [4.78, 5) is 14.8. The summed E-state index contributed by atoms with van der Waals surface area (Å²) in [6.07, 6.45) is 3.94. The number of nitro groups is 1. The second kappa shape index (κ2) is 6.95. The molecule has 23 heavy (non-hydrogen) atoms. The predicted molar refractivity (Wildman–Crippen MR) is 85.9 cm³/mol. The van der Waals surface area contributed by atoms with Crippen LogP contribution in [0.25, 0.3) is 0 Å². The number of nitrogens with one attached hydrogen (secondary N) is 2. The minimum atomic E-state index is -0.405. The molecule has 1 heterocycles. The number of aliphatic imine (C=N–C) groups is 1. The minimum Gasteiger partial charge on any atom is -0.467 e. The number of hydrogen-bond acceptors (Lipinski definition) is 4. The van der Waals surface area contributed by atoms with Gasteiger partial charge in [-0.25, -0.2) is 4.99 Å². The Morgan fingerprint density at radius 2 is 2.09 bits per heavy atom. The number of nitro benzene ring substituents is 1. The summed E-state index contributed by atoms with van der Waals surface area (Å²) in [5.74, 6) is 1.56. The van der Waals surface area contributed by atoms with Gasteiger partial charge in [-0.05, 0) is 30.5 Å². The second-order valence-corrected chi connectivity index (χ2v) is 5.44. The molecule has 120 valence electrons. The smallest absolute Gasteiger partial charge is 0.269 e. The molecule has 1 saturated carbocycles. The van der Waals surface area contributed by atoms with Crippen LogP contribution in [0, 0.1) is 10.1 Å². The van der Waals surface area contributed by atoms with Crippen molar-refractivity contribution in [2.45, 2.75) is 32.0 Å². The van der Waals surface area contributed by atoms with Gasteiger partial charge >= 0.3 is 0 Å². The molecule has 0 atom stereocenters. The number of benzene rings is 1. The van der Waals surface area contributed by atoms with Crippen molar-refractivity contribution in [3.05, 3.63) is 64.1 Å². The Kier molecular flexibility index (Phi) is 4.56. The molecule has 1 aromatic carbocycles. The first kappa shape index (κ1) is 15.1. The lowest BCUT2D eigenvalue weighted by atomic mass is 10.2. The summed E-state index contributed by atoms with van der Waals surface area (Å²) in [6, 6.07) is 10.7. The number of non-ortho nitro benzene ring substituents is 1. The van der Waals surface area contributed by atoms with Crippen LogP contribution in [0.15, 0.2) is 52.1 Å². The SMILES string of the molecule is O=[N+]([O-])c1ccc(CN=C(NCc2ccco2)NC2CC2)cc1. The Bertz CT molecular complexity index is 676. The fourth-order valence-corrected chi connectivity index (χ4v) is 2.05. The van der Waals surface area contributed by atoms with Crippen LogP contribution in [0.4, 0.5) is 5.69 Å². The monoisotopic (exact) mass is 314 g/mol. The van der Waals surface area contributed by atoms with Crippen LogP contribution >= 0.6 is 0 Å². The lowest BCUT2D eigenvalue weighted by molar-refractivity contribution is -0.384. The molecule has 1 aliphatic carbocycles. The normalized spacial score (nSPS) is 14.5. The first-order valence-corrected chi connectivity index (χ1v) is 7.51. The number of furan rings is 1. The molecule has 0 aliphatic heterocycles. The summed E-state index contributed by atoms with van der Waals surface area (Å²) in [5.41, 5.74) is 1.01. The van der Waals surface area contributed by atoms with Crippen LogP contribution in [-0.2, 0) is 13.1 Å². The molecular formula is C16H18N4O3. The molecule has 0 bridgehead atoms. The second-order valence-electron chi connectivity index (χ2n) is 5.44. The molecule has 0 radical (unpaired) electrons. The van der Waals surface area contributed by atoms with Crippen LogP contribution < -0.4 is 10.6 Å². The highest BCUT2D eigenvalue weighted by Gasteiger charge is 2.22. The maximum absolute atomic E-state index is 10.7. The summed E-state index contributed by atoms with van der Waals surface area (Å²) in [7, 11) is 0. The minimum absolute atomic E-state index is 0.0880. The highest BCUT2D eigenvalue weighted by Crippen LogP contribution is 2.18. The zero-order valence-corrected chi connectivity index (χ0v) is 12.6. The topological polar surface area (TPSA) is 92.7 Å². The van der Waals surface area contributed by atoms with E-state index >= 15 is 0 Å². The van der Waals surface area contributed by atoms with Crippen LogP contribution in [-0.4, -0.2) is 16.9 Å². The third-order valence-electron chi connectivity index (χ3n) is 3.50. The molecule has 1 fully saturated rings. The first-order chi connectivity index (χ1) is 11.2. The lowest BCUT2D eigenvalue weighted by Gasteiger charge is -2.11. The van der Waals surface area contributed by atoms with E-state index in [0.717, 1.165) is 30.1 Å². The number of guanidine groups is 1. The average molecular weight is 314 g/mol. The van der Waals surface area contributed by atoms with Gasteiger partial charge in [-0.1, -0.05) is 12.1 Å². The average Bonchev–Trinajstić information content (AvgIpc) is 3.22. The molecule has 1 aliphatic rings. The summed E-state index contributed by atoms with van der Waals surface area (Å²) in [6.45, 7) is 1.02. The largest absolute Gasteiger partial charge is 0.467 e. The Morgan fingerprint density at radius 3 is 2.70 bits per heavy atom. The molecule has 2 N–H and O–H groups in total. The van der Waals surface area contributed by atoms with Crippen molar-refractivity contribution in [1.82, 2.24) is 10.6 Å². The van der Waals surface area contributed by atoms with E-state index in [2.05, 4.69) is 15.6 Å². The molecule has 3 rings (SSSR count). The molecule has 0 saturated heterocycles. The van der Waals surface area contributed by atoms with Gasteiger partial charge < -0.3 is 15.1 Å². The van der Waals surface area contributed by atoms with Crippen molar-refractivity contribution in [1.29, 1.82) is 0 Å². The fraction of sp³-hybridized carbons (Fsp3) is 0.312.